The third-order valence-electron chi connectivity index (χ3n) is 7.94. The Kier molecular flexibility index (Phi) is 4.72. The van der Waals surface area contributed by atoms with Crippen LogP contribution in [0.4, 0.5) is 0 Å². The Labute approximate surface area is 210 Å². The molecule has 4 heteroatoms. The van der Waals surface area contributed by atoms with Crippen molar-refractivity contribution in [2.75, 3.05) is 0 Å². The van der Waals surface area contributed by atoms with E-state index in [1.54, 1.807) is 0 Å². The van der Waals surface area contributed by atoms with Gasteiger partial charge in [0.15, 0.2) is 12.2 Å². The summed E-state index contributed by atoms with van der Waals surface area (Å²) in [6.07, 6.45) is 5.02. The van der Waals surface area contributed by atoms with E-state index in [4.69, 9.17) is 9.41 Å². The van der Waals surface area contributed by atoms with Crippen molar-refractivity contribution >= 4 is 27.8 Å². The first-order chi connectivity index (χ1) is 17.6. The molecule has 0 radical (unpaired) electrons. The third-order valence-corrected chi connectivity index (χ3v) is 7.94. The van der Waals surface area contributed by atoms with Crippen LogP contribution in [-0.2, 0) is 6.42 Å². The van der Waals surface area contributed by atoms with Gasteiger partial charge in [-0.05, 0) is 62.1 Å². The number of allylic oxidation sites excluding steroid dienone is 1. The second kappa shape index (κ2) is 7.99. The maximum atomic E-state index is 6.39. The second-order valence-electron chi connectivity index (χ2n) is 10.1. The Balaban J connectivity index is 1.42. The number of benzene rings is 2. The van der Waals surface area contributed by atoms with E-state index in [9.17, 15) is 0 Å². The average molecular weight is 471 g/mol. The second-order valence-corrected chi connectivity index (χ2v) is 10.1. The van der Waals surface area contributed by atoms with Crippen LogP contribution in [0.2, 0.25) is 0 Å². The highest BCUT2D eigenvalue weighted by Crippen LogP contribution is 2.44. The molecular weight excluding hydrogens is 442 g/mol. The zero-order valence-electron chi connectivity index (χ0n) is 20.7. The highest BCUT2D eigenvalue weighted by molar-refractivity contribution is 6.15. The van der Waals surface area contributed by atoms with Gasteiger partial charge < -0.3 is 4.42 Å². The van der Waals surface area contributed by atoms with Gasteiger partial charge in [-0.25, -0.2) is 4.98 Å². The van der Waals surface area contributed by atoms with Gasteiger partial charge in [0.1, 0.15) is 5.58 Å². The minimum absolute atomic E-state index is 0.281. The molecule has 0 N–H and O–H groups in total. The van der Waals surface area contributed by atoms with E-state index in [-0.39, 0.29) is 6.04 Å². The zero-order valence-corrected chi connectivity index (χ0v) is 20.7. The van der Waals surface area contributed by atoms with E-state index in [2.05, 4.69) is 89.9 Å². The van der Waals surface area contributed by atoms with Gasteiger partial charge in [0.2, 0.25) is 11.4 Å². The molecule has 0 aliphatic carbocycles. The van der Waals surface area contributed by atoms with Crippen LogP contribution in [0.1, 0.15) is 54.1 Å². The maximum absolute atomic E-state index is 6.39. The summed E-state index contributed by atoms with van der Waals surface area (Å²) in [6.45, 7) is 8.51. The number of rotatable bonds is 0. The molecule has 2 atom stereocenters. The van der Waals surface area contributed by atoms with Gasteiger partial charge in [0.25, 0.3) is 0 Å². The average Bonchev–Trinajstić information content (AvgIpc) is 3.25. The number of fused-ring (bicyclic) bond motifs is 11. The van der Waals surface area contributed by atoms with Crippen molar-refractivity contribution in [2.45, 2.75) is 45.1 Å². The van der Waals surface area contributed by atoms with Crippen LogP contribution in [0.5, 0.6) is 0 Å². The Bertz CT molecular complexity index is 1720. The van der Waals surface area contributed by atoms with Crippen molar-refractivity contribution < 1.29 is 8.98 Å². The molecule has 2 aliphatic heterocycles. The van der Waals surface area contributed by atoms with Crippen LogP contribution in [0, 0.1) is 6.92 Å². The molecule has 176 valence electrons. The number of furan rings is 1. The van der Waals surface area contributed by atoms with Crippen molar-refractivity contribution in [2.24, 2.45) is 4.99 Å². The lowest BCUT2D eigenvalue weighted by atomic mass is 9.77. The molecular formula is C32H28N3O+. The maximum Gasteiger partial charge on any atom is 0.227 e. The standard InChI is InChI=1S/C32H28N3O/c1-19-11-14-27-26-16-13-22-12-15-25-23-8-4-5-9-24(23)28-10-6-7-17-35(28)29(25)18-20(2)33-21(3)30(22)31(26)36-32(27)34-19/h4-11,13-14,16-17,25,29H,2,12,15,18H2,1,3H3/q+1/b33-21-. The first-order valence-electron chi connectivity index (χ1n) is 12.7. The van der Waals surface area contributed by atoms with Gasteiger partial charge in [-0.2, -0.15) is 4.57 Å². The molecule has 0 fully saturated rings. The molecule has 2 aliphatic rings. The Morgan fingerprint density at radius 1 is 0.944 bits per heavy atom. The van der Waals surface area contributed by atoms with Crippen LogP contribution in [-0.4, -0.2) is 10.7 Å². The van der Waals surface area contributed by atoms with E-state index < -0.39 is 0 Å². The molecule has 2 unspecified atom stereocenters. The van der Waals surface area contributed by atoms with Crippen molar-refractivity contribution in [3.8, 4) is 11.3 Å². The zero-order chi connectivity index (χ0) is 24.4. The molecule has 3 aromatic heterocycles. The molecule has 0 spiro atoms. The highest BCUT2D eigenvalue weighted by Gasteiger charge is 2.40. The number of hydrogen-bond donors (Lipinski definition) is 0. The van der Waals surface area contributed by atoms with Crippen LogP contribution in [0.15, 0.2) is 94.6 Å². The molecule has 4 nitrogen and oxygen atoms in total. The summed E-state index contributed by atoms with van der Waals surface area (Å²) in [5.41, 5.74) is 10.8. The largest absolute Gasteiger partial charge is 0.437 e. The number of aryl methyl sites for hydroxylation is 2. The Morgan fingerprint density at radius 3 is 2.69 bits per heavy atom. The molecule has 0 saturated carbocycles. The van der Waals surface area contributed by atoms with Crippen molar-refractivity contribution in [1.29, 1.82) is 0 Å². The predicted octanol–water partition coefficient (Wildman–Crippen LogP) is 7.24. The fourth-order valence-electron chi connectivity index (χ4n) is 6.37. The van der Waals surface area contributed by atoms with Gasteiger partial charge >= 0.3 is 0 Å². The lowest BCUT2D eigenvalue weighted by Gasteiger charge is -2.31. The van der Waals surface area contributed by atoms with Crippen LogP contribution in [0.25, 0.3) is 33.3 Å². The smallest absolute Gasteiger partial charge is 0.227 e. The number of hydrogen-bond acceptors (Lipinski definition) is 3. The predicted molar refractivity (Wildman–Crippen MR) is 144 cm³/mol. The van der Waals surface area contributed by atoms with Crippen molar-refractivity contribution in [3.05, 3.63) is 108 Å². The lowest BCUT2D eigenvalue weighted by molar-refractivity contribution is -0.718. The summed E-state index contributed by atoms with van der Waals surface area (Å²) in [5, 5.41) is 2.15. The normalized spacial score (nSPS) is 20.7. The highest BCUT2D eigenvalue weighted by atomic mass is 16.3. The van der Waals surface area contributed by atoms with Gasteiger partial charge in [-0.15, -0.1) is 0 Å². The summed E-state index contributed by atoms with van der Waals surface area (Å²) < 4.78 is 8.84. The third kappa shape index (κ3) is 3.17. The summed E-state index contributed by atoms with van der Waals surface area (Å²) in [7, 11) is 0. The molecule has 5 heterocycles. The van der Waals surface area contributed by atoms with E-state index >= 15 is 0 Å². The topological polar surface area (TPSA) is 42.3 Å². The van der Waals surface area contributed by atoms with Gasteiger partial charge in [0.05, 0.1) is 6.42 Å². The van der Waals surface area contributed by atoms with Crippen LogP contribution < -0.4 is 4.57 Å². The van der Waals surface area contributed by atoms with Crippen LogP contribution in [0.3, 0.4) is 0 Å². The number of nitrogens with zero attached hydrogens (tertiary/aromatic N) is 3. The summed E-state index contributed by atoms with van der Waals surface area (Å²) in [6, 6.07) is 24.3. The fraction of sp³-hybridized carbons (Fsp3) is 0.219. The molecule has 36 heavy (non-hydrogen) atoms. The first-order valence-corrected chi connectivity index (χ1v) is 12.7. The molecule has 0 bridgehead atoms. The number of aromatic nitrogens is 2. The molecule has 0 saturated heterocycles. The minimum Gasteiger partial charge on any atom is -0.437 e. The van der Waals surface area contributed by atoms with E-state index in [1.165, 1.54) is 22.4 Å². The Morgan fingerprint density at radius 2 is 1.78 bits per heavy atom. The number of pyridine rings is 2. The minimum atomic E-state index is 0.281. The fourth-order valence-corrected chi connectivity index (χ4v) is 6.37. The monoisotopic (exact) mass is 470 g/mol. The molecule has 2 aromatic carbocycles. The first kappa shape index (κ1) is 21.3. The van der Waals surface area contributed by atoms with E-state index in [0.717, 1.165) is 58.3 Å². The van der Waals surface area contributed by atoms with Crippen molar-refractivity contribution in [1.82, 2.24) is 4.98 Å². The number of aliphatic imine (C=N–C) groups is 1. The van der Waals surface area contributed by atoms with Gasteiger partial charge in [0, 0.05) is 57.1 Å². The molecule has 0 amide bonds. The van der Waals surface area contributed by atoms with Crippen LogP contribution >= 0.6 is 0 Å². The lowest BCUT2D eigenvalue weighted by Crippen LogP contribution is -2.47. The summed E-state index contributed by atoms with van der Waals surface area (Å²) in [4.78, 5) is 9.72. The van der Waals surface area contributed by atoms with Gasteiger partial charge in [-0.3, -0.25) is 4.99 Å². The summed E-state index contributed by atoms with van der Waals surface area (Å²) >= 11 is 0. The van der Waals surface area contributed by atoms with E-state index in [1.807, 2.05) is 13.0 Å². The molecule has 5 aromatic rings. The van der Waals surface area contributed by atoms with Gasteiger partial charge in [-0.1, -0.05) is 36.9 Å². The summed E-state index contributed by atoms with van der Waals surface area (Å²) in [5.74, 6) is 0.370. The molecule has 7 rings (SSSR count). The Hall–Kier alpha value is -4.05. The quantitative estimate of drug-likeness (QED) is 0.224. The SMILES string of the molecule is C=C1CC2C(CCc3ccc4c(oc5nc(C)ccc54)c3/C(C)=N\1)c1ccccc1-c1cccc[n+]12. The van der Waals surface area contributed by atoms with Crippen molar-refractivity contribution in [3.63, 3.8) is 0 Å². The van der Waals surface area contributed by atoms with E-state index in [0.29, 0.717) is 11.6 Å².